The van der Waals surface area contributed by atoms with Crippen LogP contribution < -0.4 is 5.32 Å². The van der Waals surface area contributed by atoms with Crippen LogP contribution in [0.25, 0.3) is 0 Å². The SMILES string of the molecule is CCN(CC)C(=O)C(C)NC1CCC(C)(C)C1. The smallest absolute Gasteiger partial charge is 0.239 e. The van der Waals surface area contributed by atoms with Gasteiger partial charge in [0.1, 0.15) is 0 Å². The van der Waals surface area contributed by atoms with Crippen LogP contribution in [0.3, 0.4) is 0 Å². The number of likely N-dealkylation sites (N-methyl/N-ethyl adjacent to an activating group) is 1. The molecule has 0 heterocycles. The highest BCUT2D eigenvalue weighted by molar-refractivity contribution is 5.81. The van der Waals surface area contributed by atoms with Gasteiger partial charge in [0.2, 0.25) is 5.91 Å². The number of nitrogens with one attached hydrogen (secondary N) is 1. The minimum absolute atomic E-state index is 0.0474. The first kappa shape index (κ1) is 14.5. The summed E-state index contributed by atoms with van der Waals surface area (Å²) in [5.41, 5.74) is 0.440. The van der Waals surface area contributed by atoms with Crippen molar-refractivity contribution in [2.45, 2.75) is 66.0 Å². The molecule has 1 aliphatic rings. The molecule has 1 aliphatic carbocycles. The van der Waals surface area contributed by atoms with E-state index in [0.717, 1.165) is 13.1 Å². The van der Waals surface area contributed by atoms with Crippen LogP contribution in [-0.4, -0.2) is 36.0 Å². The fraction of sp³-hybridized carbons (Fsp3) is 0.929. The molecule has 0 aromatic heterocycles. The van der Waals surface area contributed by atoms with E-state index in [1.807, 2.05) is 25.7 Å². The molecule has 1 N–H and O–H groups in total. The number of hydrogen-bond donors (Lipinski definition) is 1. The van der Waals surface area contributed by atoms with Crippen LogP contribution in [0.5, 0.6) is 0 Å². The van der Waals surface area contributed by atoms with Crippen LogP contribution >= 0.6 is 0 Å². The van der Waals surface area contributed by atoms with E-state index in [1.165, 1.54) is 19.3 Å². The summed E-state index contributed by atoms with van der Waals surface area (Å²) in [6.07, 6.45) is 3.64. The van der Waals surface area contributed by atoms with Crippen molar-refractivity contribution in [3.8, 4) is 0 Å². The summed E-state index contributed by atoms with van der Waals surface area (Å²) >= 11 is 0. The van der Waals surface area contributed by atoms with E-state index in [-0.39, 0.29) is 11.9 Å². The molecule has 0 radical (unpaired) electrons. The van der Waals surface area contributed by atoms with Crippen LogP contribution in [0.2, 0.25) is 0 Å². The van der Waals surface area contributed by atoms with E-state index in [9.17, 15) is 4.79 Å². The van der Waals surface area contributed by atoms with Crippen molar-refractivity contribution in [3.63, 3.8) is 0 Å². The third-order valence-corrected chi connectivity index (χ3v) is 3.90. The Labute approximate surface area is 106 Å². The maximum absolute atomic E-state index is 12.1. The molecule has 0 saturated heterocycles. The number of rotatable bonds is 5. The van der Waals surface area contributed by atoms with Gasteiger partial charge in [-0.1, -0.05) is 13.8 Å². The minimum atomic E-state index is -0.0474. The number of hydrogen-bond acceptors (Lipinski definition) is 2. The van der Waals surface area contributed by atoms with Crippen LogP contribution in [0, 0.1) is 5.41 Å². The summed E-state index contributed by atoms with van der Waals surface area (Å²) in [7, 11) is 0. The predicted octanol–water partition coefficient (Wildman–Crippen LogP) is 2.41. The van der Waals surface area contributed by atoms with E-state index in [0.29, 0.717) is 11.5 Å². The maximum Gasteiger partial charge on any atom is 0.239 e. The number of carbonyl (C=O) groups excluding carboxylic acids is 1. The molecule has 2 unspecified atom stereocenters. The van der Waals surface area contributed by atoms with E-state index < -0.39 is 0 Å². The van der Waals surface area contributed by atoms with Crippen molar-refractivity contribution in [2.24, 2.45) is 5.41 Å². The summed E-state index contributed by atoms with van der Waals surface area (Å²) in [4.78, 5) is 14.0. The van der Waals surface area contributed by atoms with Gasteiger partial charge in [-0.3, -0.25) is 4.79 Å². The van der Waals surface area contributed by atoms with E-state index in [1.54, 1.807) is 0 Å². The number of carbonyl (C=O) groups is 1. The molecule has 100 valence electrons. The fourth-order valence-corrected chi connectivity index (χ4v) is 2.81. The third-order valence-electron chi connectivity index (χ3n) is 3.90. The molecule has 0 spiro atoms. The van der Waals surface area contributed by atoms with Crippen molar-refractivity contribution >= 4 is 5.91 Å². The molecule has 3 nitrogen and oxygen atoms in total. The number of amides is 1. The maximum atomic E-state index is 12.1. The summed E-state index contributed by atoms with van der Waals surface area (Å²) < 4.78 is 0. The molecule has 3 heteroatoms. The van der Waals surface area contributed by atoms with Gasteiger partial charge in [0.05, 0.1) is 6.04 Å². The Hall–Kier alpha value is -0.570. The van der Waals surface area contributed by atoms with Gasteiger partial charge in [-0.25, -0.2) is 0 Å². The first-order valence-corrected chi connectivity index (χ1v) is 6.94. The van der Waals surface area contributed by atoms with Gasteiger partial charge in [-0.2, -0.15) is 0 Å². The Balaban J connectivity index is 2.44. The highest BCUT2D eigenvalue weighted by atomic mass is 16.2. The van der Waals surface area contributed by atoms with Crippen molar-refractivity contribution < 1.29 is 4.79 Å². The zero-order valence-corrected chi connectivity index (χ0v) is 12.0. The van der Waals surface area contributed by atoms with Crippen LogP contribution in [0.4, 0.5) is 0 Å². The molecule has 0 aromatic carbocycles. The topological polar surface area (TPSA) is 32.3 Å². The standard InChI is InChI=1S/C14H28N2O/c1-6-16(7-2)13(17)11(3)15-12-8-9-14(4,5)10-12/h11-12,15H,6-10H2,1-5H3. The molecule has 0 aromatic rings. The van der Waals surface area contributed by atoms with Gasteiger partial charge in [0, 0.05) is 19.1 Å². The summed E-state index contributed by atoms with van der Waals surface area (Å²) in [5.74, 6) is 0.236. The van der Waals surface area contributed by atoms with Gasteiger partial charge >= 0.3 is 0 Å². The highest BCUT2D eigenvalue weighted by Gasteiger charge is 2.32. The molecule has 17 heavy (non-hydrogen) atoms. The molecule has 2 atom stereocenters. The third kappa shape index (κ3) is 3.98. The Kier molecular flexibility index (Phi) is 4.99. The van der Waals surface area contributed by atoms with Gasteiger partial charge in [0.25, 0.3) is 0 Å². The predicted molar refractivity (Wildman–Crippen MR) is 71.9 cm³/mol. The molecule has 1 rings (SSSR count). The van der Waals surface area contributed by atoms with Gasteiger partial charge in [-0.05, 0) is 45.4 Å². The Morgan fingerprint density at radius 1 is 1.41 bits per heavy atom. The molecular formula is C14H28N2O. The average Bonchev–Trinajstić information content (AvgIpc) is 2.59. The molecule has 1 amide bonds. The highest BCUT2D eigenvalue weighted by Crippen LogP contribution is 2.37. The summed E-state index contributed by atoms with van der Waals surface area (Å²) in [6, 6.07) is 0.466. The minimum Gasteiger partial charge on any atom is -0.342 e. The largest absolute Gasteiger partial charge is 0.342 e. The van der Waals surface area contributed by atoms with Crippen LogP contribution in [-0.2, 0) is 4.79 Å². The first-order chi connectivity index (χ1) is 7.89. The zero-order valence-electron chi connectivity index (χ0n) is 12.0. The second-order valence-corrected chi connectivity index (χ2v) is 6.00. The Bertz CT molecular complexity index is 259. The quantitative estimate of drug-likeness (QED) is 0.800. The molecule has 0 bridgehead atoms. The molecular weight excluding hydrogens is 212 g/mol. The van der Waals surface area contributed by atoms with Gasteiger partial charge in [-0.15, -0.1) is 0 Å². The van der Waals surface area contributed by atoms with E-state index in [4.69, 9.17) is 0 Å². The normalized spacial score (nSPS) is 24.6. The Morgan fingerprint density at radius 3 is 2.41 bits per heavy atom. The fourth-order valence-electron chi connectivity index (χ4n) is 2.81. The van der Waals surface area contributed by atoms with Gasteiger partial charge < -0.3 is 10.2 Å². The number of nitrogens with zero attached hydrogens (tertiary/aromatic N) is 1. The lowest BCUT2D eigenvalue weighted by molar-refractivity contribution is -0.132. The molecule has 1 fully saturated rings. The van der Waals surface area contributed by atoms with Gasteiger partial charge in [0.15, 0.2) is 0 Å². The monoisotopic (exact) mass is 240 g/mol. The molecule has 1 saturated carbocycles. The first-order valence-electron chi connectivity index (χ1n) is 6.94. The zero-order chi connectivity index (χ0) is 13.1. The van der Waals surface area contributed by atoms with E-state index in [2.05, 4.69) is 19.2 Å². The lowest BCUT2D eigenvalue weighted by Gasteiger charge is -2.26. The van der Waals surface area contributed by atoms with Crippen LogP contribution in [0.1, 0.15) is 53.9 Å². The van der Waals surface area contributed by atoms with E-state index >= 15 is 0 Å². The lowest BCUT2D eigenvalue weighted by atomic mass is 9.92. The van der Waals surface area contributed by atoms with Crippen molar-refractivity contribution in [2.75, 3.05) is 13.1 Å². The second-order valence-electron chi connectivity index (χ2n) is 6.00. The second kappa shape index (κ2) is 5.85. The van der Waals surface area contributed by atoms with Crippen molar-refractivity contribution in [3.05, 3.63) is 0 Å². The lowest BCUT2D eigenvalue weighted by Crippen LogP contribution is -2.47. The van der Waals surface area contributed by atoms with Crippen LogP contribution in [0.15, 0.2) is 0 Å². The van der Waals surface area contributed by atoms with Crippen molar-refractivity contribution in [1.29, 1.82) is 0 Å². The van der Waals surface area contributed by atoms with Crippen molar-refractivity contribution in [1.82, 2.24) is 10.2 Å². The summed E-state index contributed by atoms with van der Waals surface area (Å²) in [5, 5.41) is 3.49. The Morgan fingerprint density at radius 2 is 2.00 bits per heavy atom. The molecule has 0 aliphatic heterocycles. The average molecular weight is 240 g/mol. The summed E-state index contributed by atoms with van der Waals surface area (Å²) in [6.45, 7) is 12.3.